The summed E-state index contributed by atoms with van der Waals surface area (Å²) in [5.74, 6) is -5.31. The number of benzene rings is 2. The van der Waals surface area contributed by atoms with Crippen molar-refractivity contribution in [2.45, 2.75) is 43.6 Å². The third kappa shape index (κ3) is 6.61. The van der Waals surface area contributed by atoms with E-state index in [4.69, 9.17) is 34.8 Å². The van der Waals surface area contributed by atoms with E-state index >= 15 is 0 Å². The van der Waals surface area contributed by atoms with Crippen LogP contribution in [-0.4, -0.2) is 18.1 Å². The second-order valence-electron chi connectivity index (χ2n) is 7.82. The van der Waals surface area contributed by atoms with Crippen molar-refractivity contribution in [1.82, 2.24) is 10.9 Å². The van der Waals surface area contributed by atoms with Gasteiger partial charge in [0.25, 0.3) is 5.91 Å². The molecule has 0 aromatic heterocycles. The van der Waals surface area contributed by atoms with Gasteiger partial charge in [0.05, 0.1) is 26.2 Å². The number of nitrogens with one attached hydrogen (secondary N) is 2. The van der Waals surface area contributed by atoms with Gasteiger partial charge in [-0.15, -0.1) is 0 Å². The van der Waals surface area contributed by atoms with Crippen molar-refractivity contribution < 1.29 is 35.5 Å². The van der Waals surface area contributed by atoms with Gasteiger partial charge in [0.2, 0.25) is 0 Å². The van der Waals surface area contributed by atoms with Gasteiger partial charge in [-0.3, -0.25) is 10.2 Å². The van der Waals surface area contributed by atoms with Crippen molar-refractivity contribution in [1.29, 1.82) is 0 Å². The Morgan fingerprint density at radius 1 is 1.00 bits per heavy atom. The number of carbonyl (C=O) groups is 1. The maximum absolute atomic E-state index is 14.9. The van der Waals surface area contributed by atoms with E-state index in [1.807, 2.05) is 0 Å². The molecule has 0 bridgehead atoms. The van der Waals surface area contributed by atoms with Crippen LogP contribution in [-0.2, 0) is 6.18 Å². The van der Waals surface area contributed by atoms with Crippen molar-refractivity contribution in [3.05, 3.63) is 73.7 Å². The van der Waals surface area contributed by atoms with Gasteiger partial charge in [-0.2, -0.15) is 26.3 Å². The summed E-state index contributed by atoms with van der Waals surface area (Å²) in [6, 6.07) is 3.36. The molecule has 2 aromatic rings. The lowest BCUT2D eigenvalue weighted by Gasteiger charge is -2.26. The first-order valence-electron chi connectivity index (χ1n) is 10.0. The Balaban J connectivity index is 1.98. The van der Waals surface area contributed by atoms with Crippen molar-refractivity contribution in [3.63, 3.8) is 0 Å². The molecule has 0 spiro atoms. The van der Waals surface area contributed by atoms with Crippen LogP contribution >= 0.6 is 34.8 Å². The highest BCUT2D eigenvalue weighted by Crippen LogP contribution is 2.42. The molecule has 3 rings (SSSR count). The van der Waals surface area contributed by atoms with Crippen LogP contribution in [0.3, 0.4) is 0 Å². The van der Waals surface area contributed by atoms with E-state index in [1.165, 1.54) is 0 Å². The van der Waals surface area contributed by atoms with Crippen LogP contribution in [0.25, 0.3) is 5.83 Å². The fourth-order valence-electron chi connectivity index (χ4n) is 3.29. The van der Waals surface area contributed by atoms with Gasteiger partial charge < -0.3 is 0 Å². The Morgan fingerprint density at radius 2 is 1.60 bits per heavy atom. The maximum Gasteiger partial charge on any atom is 0.417 e. The predicted octanol–water partition coefficient (Wildman–Crippen LogP) is 8.11. The summed E-state index contributed by atoms with van der Waals surface area (Å²) in [5.41, 5.74) is 1.07. The molecule has 1 saturated carbocycles. The normalized spacial score (nSPS) is 16.1. The zero-order chi connectivity index (χ0) is 26.1. The average molecular weight is 564 g/mol. The average Bonchev–Trinajstić information content (AvgIpc) is 2.72. The second-order valence-corrected chi connectivity index (χ2v) is 9.01. The minimum Gasteiger partial charge on any atom is -0.287 e. The molecule has 1 amide bonds. The third-order valence-corrected chi connectivity index (χ3v) is 6.57. The molecular weight excluding hydrogens is 548 g/mol. The van der Waals surface area contributed by atoms with Crippen LogP contribution in [0, 0.1) is 0 Å². The Kier molecular flexibility index (Phi) is 8.30. The number of hydrogen-bond acceptors (Lipinski definition) is 2. The van der Waals surface area contributed by atoms with E-state index < -0.39 is 52.3 Å². The molecule has 1 atom stereocenters. The Labute approximate surface area is 210 Å². The van der Waals surface area contributed by atoms with Crippen molar-refractivity contribution in [2.75, 3.05) is 0 Å². The number of halogens is 10. The van der Waals surface area contributed by atoms with Crippen LogP contribution in [0.1, 0.15) is 52.2 Å². The fraction of sp³-hybridized carbons (Fsp3) is 0.318. The van der Waals surface area contributed by atoms with E-state index in [1.54, 1.807) is 0 Å². The molecule has 1 aliphatic carbocycles. The molecule has 1 fully saturated rings. The summed E-state index contributed by atoms with van der Waals surface area (Å²) in [6.45, 7) is 0. The van der Waals surface area contributed by atoms with Crippen molar-refractivity contribution in [3.8, 4) is 0 Å². The maximum atomic E-state index is 14.9. The molecular formula is C22H16Cl3F7N2O. The van der Waals surface area contributed by atoms with Crippen LogP contribution in [0.5, 0.6) is 0 Å². The number of carbonyl (C=O) groups excluding carboxylic acids is 1. The van der Waals surface area contributed by atoms with Gasteiger partial charge in [0.1, 0.15) is 11.7 Å². The third-order valence-electron chi connectivity index (χ3n) is 5.37. The summed E-state index contributed by atoms with van der Waals surface area (Å²) in [6.07, 6.45) is -7.63. The van der Waals surface area contributed by atoms with Gasteiger partial charge in [-0.1, -0.05) is 47.3 Å². The molecule has 1 aliphatic rings. The number of alkyl halides is 6. The minimum atomic E-state index is -5.08. The molecule has 1 unspecified atom stereocenters. The molecule has 0 radical (unpaired) electrons. The van der Waals surface area contributed by atoms with Gasteiger partial charge in [-0.05, 0) is 48.7 Å². The largest absolute Gasteiger partial charge is 0.417 e. The number of amides is 1. The van der Waals surface area contributed by atoms with E-state index in [9.17, 15) is 35.5 Å². The van der Waals surface area contributed by atoms with Gasteiger partial charge in [-0.25, -0.2) is 9.82 Å². The monoisotopic (exact) mass is 562 g/mol. The molecule has 190 valence electrons. The Bertz CT molecular complexity index is 1120. The lowest BCUT2D eigenvalue weighted by atomic mass is 9.94. The number of rotatable bonds is 6. The molecule has 3 nitrogen and oxygen atoms in total. The first kappa shape index (κ1) is 27.6. The Morgan fingerprint density at radius 3 is 2.09 bits per heavy atom. The van der Waals surface area contributed by atoms with Crippen LogP contribution in [0.15, 0.2) is 36.4 Å². The summed E-state index contributed by atoms with van der Waals surface area (Å²) in [5, 5.41) is -0.845. The molecule has 13 heteroatoms. The van der Waals surface area contributed by atoms with Crippen molar-refractivity contribution >= 4 is 46.5 Å². The van der Waals surface area contributed by atoms with Gasteiger partial charge >= 0.3 is 12.4 Å². The lowest BCUT2D eigenvalue weighted by molar-refractivity contribution is -0.140. The molecule has 0 aliphatic heterocycles. The highest BCUT2D eigenvalue weighted by Gasteiger charge is 2.41. The smallest absolute Gasteiger partial charge is 0.287 e. The zero-order valence-corrected chi connectivity index (χ0v) is 19.7. The lowest BCUT2D eigenvalue weighted by Crippen LogP contribution is -2.47. The molecule has 2 aromatic carbocycles. The highest BCUT2D eigenvalue weighted by atomic mass is 35.5. The SMILES string of the molecule is O=C(NNC1CCC1)c1ccc(C(F)=CC(c2cc(Cl)c(Cl)c(Cl)c2)C(F)(F)F)cc1C(F)(F)F. The van der Waals surface area contributed by atoms with E-state index in [-0.39, 0.29) is 33.3 Å². The van der Waals surface area contributed by atoms with E-state index in [0.29, 0.717) is 6.07 Å². The first-order valence-corrected chi connectivity index (χ1v) is 11.2. The van der Waals surface area contributed by atoms with Gasteiger partial charge in [0, 0.05) is 11.6 Å². The highest BCUT2D eigenvalue weighted by molar-refractivity contribution is 6.48. The van der Waals surface area contributed by atoms with Crippen LogP contribution < -0.4 is 10.9 Å². The van der Waals surface area contributed by atoms with E-state index in [2.05, 4.69) is 10.9 Å². The van der Waals surface area contributed by atoms with Gasteiger partial charge in [0.15, 0.2) is 0 Å². The Hall–Kier alpha value is -2.01. The number of hydrogen-bond donors (Lipinski definition) is 2. The summed E-state index contributed by atoms with van der Waals surface area (Å²) >= 11 is 17.3. The topological polar surface area (TPSA) is 41.1 Å². The van der Waals surface area contributed by atoms with Crippen LogP contribution in [0.2, 0.25) is 15.1 Å². The second kappa shape index (κ2) is 10.5. The molecule has 2 N–H and O–H groups in total. The quantitative estimate of drug-likeness (QED) is 0.212. The molecule has 0 saturated heterocycles. The van der Waals surface area contributed by atoms with Crippen molar-refractivity contribution in [2.24, 2.45) is 0 Å². The molecule has 35 heavy (non-hydrogen) atoms. The number of hydrazine groups is 1. The zero-order valence-electron chi connectivity index (χ0n) is 17.4. The summed E-state index contributed by atoms with van der Waals surface area (Å²) in [4.78, 5) is 12.3. The predicted molar refractivity (Wildman–Crippen MR) is 119 cm³/mol. The minimum absolute atomic E-state index is 0.0675. The fourth-order valence-corrected chi connectivity index (χ4v) is 3.90. The van der Waals surface area contributed by atoms with Crippen LogP contribution in [0.4, 0.5) is 30.7 Å². The standard InChI is InChI=1S/C22H16Cl3F7N2O/c23-16-7-11(8-17(24)19(16)25)14(21(27,28)29)9-18(26)10-4-5-13(15(6-10)22(30,31)32)20(35)34-33-12-2-1-3-12/h4-9,12,14,33H,1-3H2,(H,34,35). The summed E-state index contributed by atoms with van der Waals surface area (Å²) in [7, 11) is 0. The first-order chi connectivity index (χ1) is 16.2. The molecule has 0 heterocycles. The number of allylic oxidation sites excluding steroid dienone is 1. The summed E-state index contributed by atoms with van der Waals surface area (Å²) < 4.78 is 96.8. The van der Waals surface area contributed by atoms with E-state index in [0.717, 1.165) is 37.5 Å².